The highest BCUT2D eigenvalue weighted by atomic mass is 16.5. The Morgan fingerprint density at radius 3 is 2.33 bits per heavy atom. The standard InChI is InChI=1S/C16H25NO4/c1-16(2)9-12(16)14(18)17-6-3-10(4-7-17)13-11(15(19)20)5-8-21-13/h10-13H,3-9H2,1-2H3,(H,19,20)/t11?,12?,13-/m0/s1. The van der Waals surface area contributed by atoms with Gasteiger partial charge in [0.15, 0.2) is 0 Å². The Morgan fingerprint density at radius 1 is 1.19 bits per heavy atom. The second kappa shape index (κ2) is 5.27. The number of nitrogens with zero attached hydrogens (tertiary/aromatic N) is 1. The van der Waals surface area contributed by atoms with Crippen molar-refractivity contribution in [2.75, 3.05) is 19.7 Å². The first-order valence-electron chi connectivity index (χ1n) is 8.03. The van der Waals surface area contributed by atoms with E-state index in [0.717, 1.165) is 32.4 Å². The van der Waals surface area contributed by atoms with E-state index in [4.69, 9.17) is 4.74 Å². The van der Waals surface area contributed by atoms with Gasteiger partial charge in [-0.1, -0.05) is 13.8 Å². The molecule has 3 atom stereocenters. The van der Waals surface area contributed by atoms with Gasteiger partial charge in [-0.25, -0.2) is 0 Å². The molecule has 0 spiro atoms. The molecule has 0 aromatic heterocycles. The van der Waals surface area contributed by atoms with Gasteiger partial charge in [-0.3, -0.25) is 9.59 Å². The van der Waals surface area contributed by atoms with Gasteiger partial charge in [0, 0.05) is 25.6 Å². The fraction of sp³-hybridized carbons (Fsp3) is 0.875. The molecule has 2 unspecified atom stereocenters. The third-order valence-corrected chi connectivity index (χ3v) is 5.58. The molecule has 5 heteroatoms. The highest BCUT2D eigenvalue weighted by Crippen LogP contribution is 2.52. The lowest BCUT2D eigenvalue weighted by Crippen LogP contribution is -2.44. The molecule has 0 bridgehead atoms. The molecule has 1 N–H and O–H groups in total. The molecule has 1 saturated carbocycles. The average Bonchev–Trinajstić information content (AvgIpc) is 2.90. The monoisotopic (exact) mass is 295 g/mol. The topological polar surface area (TPSA) is 66.8 Å². The molecule has 0 radical (unpaired) electrons. The Bertz CT molecular complexity index is 440. The van der Waals surface area contributed by atoms with Crippen molar-refractivity contribution in [3.63, 3.8) is 0 Å². The number of hydrogen-bond acceptors (Lipinski definition) is 3. The van der Waals surface area contributed by atoms with E-state index >= 15 is 0 Å². The first-order valence-corrected chi connectivity index (χ1v) is 8.03. The number of carboxylic acid groups (broad SMARTS) is 1. The number of carbonyl (C=O) groups is 2. The van der Waals surface area contributed by atoms with Crippen LogP contribution in [0.15, 0.2) is 0 Å². The summed E-state index contributed by atoms with van der Waals surface area (Å²) in [5.41, 5.74) is 0.177. The Balaban J connectivity index is 1.53. The lowest BCUT2D eigenvalue weighted by Gasteiger charge is -2.35. The number of carbonyl (C=O) groups excluding carboxylic acids is 1. The first-order chi connectivity index (χ1) is 9.90. The maximum Gasteiger partial charge on any atom is 0.309 e. The summed E-state index contributed by atoms with van der Waals surface area (Å²) in [5.74, 6) is -0.329. The van der Waals surface area contributed by atoms with E-state index in [1.165, 1.54) is 0 Å². The van der Waals surface area contributed by atoms with Gasteiger partial charge >= 0.3 is 5.97 Å². The molecule has 3 rings (SSSR count). The molecule has 5 nitrogen and oxygen atoms in total. The van der Waals surface area contributed by atoms with Gasteiger partial charge in [0.25, 0.3) is 0 Å². The quantitative estimate of drug-likeness (QED) is 0.861. The molecule has 1 amide bonds. The third kappa shape index (κ3) is 2.80. The number of carboxylic acids is 1. The van der Waals surface area contributed by atoms with Crippen LogP contribution in [0.3, 0.4) is 0 Å². The van der Waals surface area contributed by atoms with E-state index in [9.17, 15) is 14.7 Å². The minimum Gasteiger partial charge on any atom is -0.481 e. The van der Waals surface area contributed by atoms with Crippen molar-refractivity contribution < 1.29 is 19.4 Å². The van der Waals surface area contributed by atoms with Crippen LogP contribution < -0.4 is 0 Å². The van der Waals surface area contributed by atoms with Crippen molar-refractivity contribution >= 4 is 11.9 Å². The number of ether oxygens (including phenoxy) is 1. The predicted molar refractivity (Wildman–Crippen MR) is 76.7 cm³/mol. The molecule has 3 aliphatic rings. The molecule has 0 aromatic carbocycles. The molecule has 2 saturated heterocycles. The fourth-order valence-electron chi connectivity index (χ4n) is 3.90. The van der Waals surface area contributed by atoms with Crippen LogP contribution in [-0.4, -0.2) is 47.7 Å². The largest absolute Gasteiger partial charge is 0.481 e. The van der Waals surface area contributed by atoms with E-state index in [1.807, 2.05) is 4.90 Å². The number of amides is 1. The van der Waals surface area contributed by atoms with Gasteiger partial charge in [0.2, 0.25) is 5.91 Å². The first kappa shape index (κ1) is 14.8. The minimum atomic E-state index is -0.740. The summed E-state index contributed by atoms with van der Waals surface area (Å²) in [6, 6.07) is 0. The summed E-state index contributed by atoms with van der Waals surface area (Å²) in [5, 5.41) is 9.25. The summed E-state index contributed by atoms with van der Waals surface area (Å²) in [6.45, 7) is 6.35. The molecule has 2 aliphatic heterocycles. The van der Waals surface area contributed by atoms with Gasteiger partial charge in [-0.15, -0.1) is 0 Å². The van der Waals surface area contributed by atoms with Crippen LogP contribution in [0.25, 0.3) is 0 Å². The van der Waals surface area contributed by atoms with Gasteiger partial charge < -0.3 is 14.7 Å². The van der Waals surface area contributed by atoms with Crippen molar-refractivity contribution in [2.45, 2.75) is 45.6 Å². The molecule has 118 valence electrons. The zero-order valence-corrected chi connectivity index (χ0v) is 12.9. The van der Waals surface area contributed by atoms with Crippen molar-refractivity contribution in [2.24, 2.45) is 23.2 Å². The van der Waals surface area contributed by atoms with Crippen molar-refractivity contribution in [1.82, 2.24) is 4.90 Å². The summed E-state index contributed by atoms with van der Waals surface area (Å²) in [4.78, 5) is 25.6. The van der Waals surface area contributed by atoms with E-state index in [1.54, 1.807) is 0 Å². The molecule has 1 aliphatic carbocycles. The maximum atomic E-state index is 12.4. The van der Waals surface area contributed by atoms with Gasteiger partial charge in [-0.2, -0.15) is 0 Å². The highest BCUT2D eigenvalue weighted by Gasteiger charge is 2.52. The second-order valence-corrected chi connectivity index (χ2v) is 7.48. The van der Waals surface area contributed by atoms with E-state index < -0.39 is 5.97 Å². The number of piperidine rings is 1. The average molecular weight is 295 g/mol. The molecule has 2 heterocycles. The zero-order valence-electron chi connectivity index (χ0n) is 12.9. The molecule has 0 aromatic rings. The van der Waals surface area contributed by atoms with Crippen LogP contribution in [0.1, 0.15) is 39.5 Å². The molecular formula is C16H25NO4. The van der Waals surface area contributed by atoms with Crippen LogP contribution >= 0.6 is 0 Å². The molecule has 3 fully saturated rings. The Labute approximate surface area is 125 Å². The van der Waals surface area contributed by atoms with Crippen molar-refractivity contribution in [1.29, 1.82) is 0 Å². The Morgan fingerprint density at radius 2 is 1.81 bits per heavy atom. The lowest BCUT2D eigenvalue weighted by atomic mass is 9.84. The van der Waals surface area contributed by atoms with Gasteiger partial charge in [0.05, 0.1) is 12.0 Å². The normalized spacial score (nSPS) is 35.7. The number of rotatable bonds is 3. The van der Waals surface area contributed by atoms with E-state index in [0.29, 0.717) is 18.9 Å². The lowest BCUT2D eigenvalue weighted by molar-refractivity contribution is -0.146. The third-order valence-electron chi connectivity index (χ3n) is 5.58. The Kier molecular flexibility index (Phi) is 3.72. The number of hydrogen-bond donors (Lipinski definition) is 1. The SMILES string of the molecule is CC1(C)CC1C(=O)N1CCC([C@@H]2OCCC2C(=O)O)CC1. The summed E-state index contributed by atoms with van der Waals surface area (Å²) in [7, 11) is 0. The Hall–Kier alpha value is -1.10. The number of aliphatic carboxylic acids is 1. The zero-order chi connectivity index (χ0) is 15.2. The summed E-state index contributed by atoms with van der Waals surface area (Å²) in [6.07, 6.45) is 3.20. The van der Waals surface area contributed by atoms with Gasteiger partial charge in [-0.05, 0) is 37.0 Å². The summed E-state index contributed by atoms with van der Waals surface area (Å²) >= 11 is 0. The number of likely N-dealkylation sites (tertiary alicyclic amines) is 1. The molecule has 21 heavy (non-hydrogen) atoms. The second-order valence-electron chi connectivity index (χ2n) is 7.48. The summed E-state index contributed by atoms with van der Waals surface area (Å²) < 4.78 is 5.67. The molecular weight excluding hydrogens is 270 g/mol. The van der Waals surface area contributed by atoms with Gasteiger partial charge in [0.1, 0.15) is 0 Å². The fourth-order valence-corrected chi connectivity index (χ4v) is 3.90. The smallest absolute Gasteiger partial charge is 0.309 e. The maximum absolute atomic E-state index is 12.4. The predicted octanol–water partition coefficient (Wildman–Crippen LogP) is 1.76. The highest BCUT2D eigenvalue weighted by molar-refractivity contribution is 5.82. The van der Waals surface area contributed by atoms with Crippen LogP contribution in [0.5, 0.6) is 0 Å². The van der Waals surface area contributed by atoms with Crippen molar-refractivity contribution in [3.8, 4) is 0 Å². The van der Waals surface area contributed by atoms with Crippen LogP contribution in [0.2, 0.25) is 0 Å². The van der Waals surface area contributed by atoms with E-state index in [2.05, 4.69) is 13.8 Å². The van der Waals surface area contributed by atoms with E-state index in [-0.39, 0.29) is 29.3 Å². The van der Waals surface area contributed by atoms with Crippen LogP contribution in [-0.2, 0) is 14.3 Å². The van der Waals surface area contributed by atoms with Crippen molar-refractivity contribution in [3.05, 3.63) is 0 Å². The minimum absolute atomic E-state index is 0.155. The van der Waals surface area contributed by atoms with Crippen LogP contribution in [0, 0.1) is 23.2 Å². The van der Waals surface area contributed by atoms with Crippen LogP contribution in [0.4, 0.5) is 0 Å².